The van der Waals surface area contributed by atoms with Crippen LogP contribution in [0.5, 0.6) is 0 Å². The van der Waals surface area contributed by atoms with Crippen molar-refractivity contribution in [3.05, 3.63) is 50.9 Å². The first-order valence-corrected chi connectivity index (χ1v) is 6.35. The number of hydrogen-bond donors (Lipinski definition) is 1. The third-order valence-corrected chi connectivity index (χ3v) is 3.37. The number of rotatable bonds is 2. The molecule has 4 nitrogen and oxygen atoms in total. The fraction of sp³-hybridized carbons (Fsp3) is 0. The van der Waals surface area contributed by atoms with Gasteiger partial charge in [0.2, 0.25) is 0 Å². The lowest BCUT2D eigenvalue weighted by atomic mass is 10.3. The molecule has 0 aliphatic rings. The number of aromatic nitrogens is 2. The van der Waals surface area contributed by atoms with Crippen molar-refractivity contribution in [2.45, 2.75) is 0 Å². The summed E-state index contributed by atoms with van der Waals surface area (Å²) in [7, 11) is 0. The summed E-state index contributed by atoms with van der Waals surface area (Å²) in [5.74, 6) is -0.345. The van der Waals surface area contributed by atoms with Crippen LogP contribution in [0, 0.1) is 0 Å². The Morgan fingerprint density at radius 2 is 2.00 bits per heavy atom. The molecule has 0 aliphatic heterocycles. The zero-order valence-electron chi connectivity index (χ0n) is 8.82. The van der Waals surface area contributed by atoms with Crippen molar-refractivity contribution in [2.75, 3.05) is 5.32 Å². The van der Waals surface area contributed by atoms with Gasteiger partial charge in [0.05, 0.1) is 21.4 Å². The topological polar surface area (TPSA) is 54.9 Å². The van der Waals surface area contributed by atoms with Crippen molar-refractivity contribution in [3.8, 4) is 0 Å². The van der Waals surface area contributed by atoms with Crippen molar-refractivity contribution < 1.29 is 4.79 Å². The zero-order chi connectivity index (χ0) is 13.1. The lowest BCUT2D eigenvalue weighted by Gasteiger charge is -2.05. The quantitative estimate of drug-likeness (QED) is 0.841. The van der Waals surface area contributed by atoms with Gasteiger partial charge >= 0.3 is 0 Å². The molecule has 0 atom stereocenters. The molecule has 92 valence electrons. The van der Waals surface area contributed by atoms with Gasteiger partial charge in [-0.25, -0.2) is 9.97 Å². The number of anilines is 1. The van der Waals surface area contributed by atoms with E-state index in [0.717, 1.165) is 0 Å². The molecule has 2 aromatic rings. The molecule has 0 unspecified atom stereocenters. The highest BCUT2D eigenvalue weighted by molar-refractivity contribution is 9.10. The minimum atomic E-state index is -0.345. The molecule has 1 N–H and O–H groups in total. The van der Waals surface area contributed by atoms with Crippen LogP contribution in [0.15, 0.2) is 35.1 Å². The van der Waals surface area contributed by atoms with Gasteiger partial charge in [-0.2, -0.15) is 0 Å². The second-order valence-electron chi connectivity index (χ2n) is 3.31. The maximum Gasteiger partial charge on any atom is 0.274 e. The Balaban J connectivity index is 2.16. The van der Waals surface area contributed by atoms with Gasteiger partial charge in [0.15, 0.2) is 0 Å². The molecule has 0 saturated heterocycles. The molecule has 18 heavy (non-hydrogen) atoms. The standard InChI is InChI=1S/C11H6BrCl2N3O/c12-8-3-7(5-16-10(8)14)17-11(18)9-2-1-6(13)4-15-9/h1-5H,(H,17,18). The van der Waals surface area contributed by atoms with E-state index < -0.39 is 0 Å². The Bertz CT molecular complexity index is 589. The third kappa shape index (κ3) is 3.19. The molecule has 0 spiro atoms. The van der Waals surface area contributed by atoms with Crippen molar-refractivity contribution >= 4 is 50.7 Å². The predicted molar refractivity (Wildman–Crippen MR) is 74.1 cm³/mol. The second-order valence-corrected chi connectivity index (χ2v) is 4.96. The van der Waals surface area contributed by atoms with Crippen molar-refractivity contribution in [2.24, 2.45) is 0 Å². The lowest BCUT2D eigenvalue weighted by molar-refractivity contribution is 0.102. The summed E-state index contributed by atoms with van der Waals surface area (Å²) in [6, 6.07) is 4.79. The van der Waals surface area contributed by atoms with E-state index in [9.17, 15) is 4.79 Å². The van der Waals surface area contributed by atoms with Crippen LogP contribution in [-0.4, -0.2) is 15.9 Å². The van der Waals surface area contributed by atoms with Crippen molar-refractivity contribution in [3.63, 3.8) is 0 Å². The Kier molecular flexibility index (Phi) is 4.16. The average Bonchev–Trinajstić information content (AvgIpc) is 2.34. The minimum absolute atomic E-state index is 0.269. The van der Waals surface area contributed by atoms with Gasteiger partial charge in [0, 0.05) is 6.20 Å². The number of hydrogen-bond acceptors (Lipinski definition) is 3. The molecule has 0 bridgehead atoms. The van der Waals surface area contributed by atoms with E-state index in [1.807, 2.05) is 0 Å². The number of carbonyl (C=O) groups excluding carboxylic acids is 1. The van der Waals surface area contributed by atoms with E-state index in [1.54, 1.807) is 12.1 Å². The lowest BCUT2D eigenvalue weighted by Crippen LogP contribution is -2.13. The summed E-state index contributed by atoms with van der Waals surface area (Å²) in [6.07, 6.45) is 2.87. The van der Waals surface area contributed by atoms with Crippen LogP contribution >= 0.6 is 39.1 Å². The number of amides is 1. The first kappa shape index (κ1) is 13.3. The Morgan fingerprint density at radius 1 is 1.22 bits per heavy atom. The molecule has 7 heteroatoms. The maximum absolute atomic E-state index is 11.8. The number of nitrogens with zero attached hydrogens (tertiary/aromatic N) is 2. The first-order chi connectivity index (χ1) is 8.56. The molecule has 0 saturated carbocycles. The summed E-state index contributed by atoms with van der Waals surface area (Å²) in [5, 5.41) is 3.46. The van der Waals surface area contributed by atoms with E-state index in [1.165, 1.54) is 18.5 Å². The molecule has 2 aromatic heterocycles. The number of pyridine rings is 2. The number of halogens is 3. The minimum Gasteiger partial charge on any atom is -0.319 e. The van der Waals surface area contributed by atoms with Crippen LogP contribution in [0.2, 0.25) is 10.2 Å². The third-order valence-electron chi connectivity index (χ3n) is 2.01. The van der Waals surface area contributed by atoms with Crippen LogP contribution < -0.4 is 5.32 Å². The van der Waals surface area contributed by atoms with Crippen LogP contribution in [0.25, 0.3) is 0 Å². The highest BCUT2D eigenvalue weighted by Crippen LogP contribution is 2.23. The van der Waals surface area contributed by atoms with Crippen LogP contribution in [0.4, 0.5) is 5.69 Å². The maximum atomic E-state index is 11.8. The zero-order valence-corrected chi connectivity index (χ0v) is 11.9. The predicted octanol–water partition coefficient (Wildman–Crippen LogP) is 3.80. The largest absolute Gasteiger partial charge is 0.319 e. The smallest absolute Gasteiger partial charge is 0.274 e. The number of nitrogens with one attached hydrogen (secondary N) is 1. The number of carbonyl (C=O) groups is 1. The van der Waals surface area contributed by atoms with Crippen LogP contribution in [-0.2, 0) is 0 Å². The molecule has 2 rings (SSSR count). The molecule has 2 heterocycles. The van der Waals surface area contributed by atoms with Gasteiger partial charge in [-0.3, -0.25) is 4.79 Å². The molecular formula is C11H6BrCl2N3O. The SMILES string of the molecule is O=C(Nc1cnc(Cl)c(Br)c1)c1ccc(Cl)cn1. The first-order valence-electron chi connectivity index (χ1n) is 4.80. The van der Waals surface area contributed by atoms with Gasteiger partial charge in [-0.15, -0.1) is 0 Å². The summed E-state index contributed by atoms with van der Waals surface area (Å²) < 4.78 is 0.603. The summed E-state index contributed by atoms with van der Waals surface area (Å²) >= 11 is 14.7. The molecule has 0 aliphatic carbocycles. The van der Waals surface area contributed by atoms with Crippen molar-refractivity contribution in [1.82, 2.24) is 9.97 Å². The van der Waals surface area contributed by atoms with E-state index in [4.69, 9.17) is 23.2 Å². The molecule has 0 fully saturated rings. The molecule has 0 aromatic carbocycles. The highest BCUT2D eigenvalue weighted by atomic mass is 79.9. The van der Waals surface area contributed by atoms with E-state index in [-0.39, 0.29) is 11.6 Å². The van der Waals surface area contributed by atoms with E-state index >= 15 is 0 Å². The Morgan fingerprint density at radius 3 is 2.61 bits per heavy atom. The summed E-state index contributed by atoms with van der Waals surface area (Å²) in [5.41, 5.74) is 0.790. The summed E-state index contributed by atoms with van der Waals surface area (Å²) in [6.45, 7) is 0. The van der Waals surface area contributed by atoms with E-state index in [0.29, 0.717) is 20.3 Å². The average molecular weight is 347 g/mol. The fourth-order valence-electron chi connectivity index (χ4n) is 1.19. The molecular weight excluding hydrogens is 341 g/mol. The summed E-state index contributed by atoms with van der Waals surface area (Å²) in [4.78, 5) is 19.6. The van der Waals surface area contributed by atoms with Gasteiger partial charge < -0.3 is 5.32 Å². The second kappa shape index (κ2) is 5.65. The Hall–Kier alpha value is -1.17. The van der Waals surface area contributed by atoms with Gasteiger partial charge in [0.25, 0.3) is 5.91 Å². The van der Waals surface area contributed by atoms with Gasteiger partial charge in [0.1, 0.15) is 10.8 Å². The van der Waals surface area contributed by atoms with Crippen molar-refractivity contribution in [1.29, 1.82) is 0 Å². The highest BCUT2D eigenvalue weighted by Gasteiger charge is 2.08. The monoisotopic (exact) mass is 345 g/mol. The Labute approximate surface area is 121 Å². The van der Waals surface area contributed by atoms with Gasteiger partial charge in [-0.05, 0) is 34.1 Å². The molecule has 1 amide bonds. The fourth-order valence-corrected chi connectivity index (χ4v) is 1.76. The van der Waals surface area contributed by atoms with Crippen LogP contribution in [0.1, 0.15) is 10.5 Å². The van der Waals surface area contributed by atoms with Crippen LogP contribution in [0.3, 0.4) is 0 Å². The normalized spacial score (nSPS) is 10.2. The van der Waals surface area contributed by atoms with E-state index in [2.05, 4.69) is 31.2 Å². The molecule has 0 radical (unpaired) electrons. The van der Waals surface area contributed by atoms with Gasteiger partial charge in [-0.1, -0.05) is 23.2 Å².